The Morgan fingerprint density at radius 2 is 1.83 bits per heavy atom. The SMILES string of the molecule is O=C1CC[C@]2(CCCN(C(=O)c3ccc4c(c3)CCCC4)[C@@H]2c2cccc(F)c2)N1. The second-order valence-corrected chi connectivity index (χ2v) is 8.95. The summed E-state index contributed by atoms with van der Waals surface area (Å²) in [5.41, 5.74) is 3.54. The molecule has 0 saturated carbocycles. The first kappa shape index (κ1) is 19.3. The van der Waals surface area contributed by atoms with Crippen molar-refractivity contribution in [3.63, 3.8) is 0 Å². The summed E-state index contributed by atoms with van der Waals surface area (Å²) in [6.45, 7) is 0.606. The molecule has 2 aromatic carbocycles. The summed E-state index contributed by atoms with van der Waals surface area (Å²) in [7, 11) is 0. The molecule has 1 N–H and O–H groups in total. The van der Waals surface area contributed by atoms with E-state index in [1.165, 1.54) is 29.7 Å². The fourth-order valence-corrected chi connectivity index (χ4v) is 5.69. The van der Waals surface area contributed by atoms with Crippen LogP contribution in [0.5, 0.6) is 0 Å². The fourth-order valence-electron chi connectivity index (χ4n) is 5.69. The summed E-state index contributed by atoms with van der Waals surface area (Å²) >= 11 is 0. The average molecular weight is 407 g/mol. The van der Waals surface area contributed by atoms with Crippen molar-refractivity contribution in [1.82, 2.24) is 10.2 Å². The molecule has 0 radical (unpaired) electrons. The highest BCUT2D eigenvalue weighted by molar-refractivity contribution is 5.95. The lowest BCUT2D eigenvalue weighted by Crippen LogP contribution is -2.58. The van der Waals surface area contributed by atoms with Crippen LogP contribution in [0.25, 0.3) is 0 Å². The molecule has 2 aromatic rings. The van der Waals surface area contributed by atoms with E-state index in [0.717, 1.165) is 37.7 Å². The monoisotopic (exact) mass is 406 g/mol. The minimum absolute atomic E-state index is 0.0134. The molecule has 2 aliphatic heterocycles. The highest BCUT2D eigenvalue weighted by Crippen LogP contribution is 2.45. The minimum Gasteiger partial charge on any atom is -0.348 e. The van der Waals surface area contributed by atoms with Crippen molar-refractivity contribution in [2.24, 2.45) is 0 Å². The second kappa shape index (κ2) is 7.53. The molecule has 0 bridgehead atoms. The molecule has 1 aliphatic carbocycles. The van der Waals surface area contributed by atoms with Crippen molar-refractivity contribution in [3.05, 3.63) is 70.5 Å². The smallest absolute Gasteiger partial charge is 0.254 e. The molecule has 156 valence electrons. The number of hydrogen-bond donors (Lipinski definition) is 1. The predicted octanol–water partition coefficient (Wildman–Crippen LogP) is 4.33. The first-order chi connectivity index (χ1) is 14.6. The van der Waals surface area contributed by atoms with E-state index < -0.39 is 5.54 Å². The van der Waals surface area contributed by atoms with Crippen molar-refractivity contribution in [1.29, 1.82) is 0 Å². The van der Waals surface area contributed by atoms with Gasteiger partial charge in [0.05, 0.1) is 11.6 Å². The molecular formula is C25H27FN2O2. The maximum absolute atomic E-state index is 14.1. The van der Waals surface area contributed by atoms with Gasteiger partial charge in [-0.1, -0.05) is 18.2 Å². The minimum atomic E-state index is -0.521. The normalized spacial score (nSPS) is 25.8. The summed E-state index contributed by atoms with van der Waals surface area (Å²) in [6, 6.07) is 12.2. The maximum Gasteiger partial charge on any atom is 0.254 e. The number of amides is 2. The molecule has 4 nitrogen and oxygen atoms in total. The van der Waals surface area contributed by atoms with Crippen LogP contribution in [-0.2, 0) is 17.6 Å². The third-order valence-electron chi connectivity index (χ3n) is 7.06. The molecule has 30 heavy (non-hydrogen) atoms. The number of piperidine rings is 1. The summed E-state index contributed by atoms with van der Waals surface area (Å²) in [4.78, 5) is 27.7. The molecule has 0 aromatic heterocycles. The molecule has 2 saturated heterocycles. The van der Waals surface area contributed by atoms with E-state index >= 15 is 0 Å². The molecular weight excluding hydrogens is 379 g/mol. The van der Waals surface area contributed by atoms with E-state index in [1.54, 1.807) is 6.07 Å². The van der Waals surface area contributed by atoms with Crippen LogP contribution in [0.4, 0.5) is 4.39 Å². The maximum atomic E-state index is 14.1. The first-order valence-electron chi connectivity index (χ1n) is 11.0. The molecule has 2 amide bonds. The van der Waals surface area contributed by atoms with Gasteiger partial charge in [-0.25, -0.2) is 4.39 Å². The number of nitrogens with zero attached hydrogens (tertiary/aromatic N) is 1. The molecule has 2 fully saturated rings. The third-order valence-corrected chi connectivity index (χ3v) is 7.06. The van der Waals surface area contributed by atoms with Gasteiger partial charge in [0.25, 0.3) is 5.91 Å². The van der Waals surface area contributed by atoms with Crippen molar-refractivity contribution < 1.29 is 14.0 Å². The van der Waals surface area contributed by atoms with Gasteiger partial charge in [0.2, 0.25) is 5.91 Å². The van der Waals surface area contributed by atoms with Crippen LogP contribution in [0.2, 0.25) is 0 Å². The standard InChI is InChI=1S/C25H27FN2O2/c26-21-8-3-7-19(16-21)23-25(13-11-22(29)27-25)12-4-14-28(23)24(30)20-10-9-17-5-1-2-6-18(17)15-20/h3,7-10,15-16,23H,1-2,4-6,11-14H2,(H,27,29)/t23-,25+/m1/s1. The van der Waals surface area contributed by atoms with Crippen molar-refractivity contribution in [2.75, 3.05) is 6.54 Å². The number of fused-ring (bicyclic) bond motifs is 1. The van der Waals surface area contributed by atoms with Crippen LogP contribution in [0.3, 0.4) is 0 Å². The van der Waals surface area contributed by atoms with Gasteiger partial charge in [0.15, 0.2) is 0 Å². The van der Waals surface area contributed by atoms with E-state index in [9.17, 15) is 14.0 Å². The van der Waals surface area contributed by atoms with Crippen LogP contribution >= 0.6 is 0 Å². The Hall–Kier alpha value is -2.69. The van der Waals surface area contributed by atoms with Gasteiger partial charge in [-0.2, -0.15) is 0 Å². The average Bonchev–Trinajstić information content (AvgIpc) is 3.13. The number of benzene rings is 2. The lowest BCUT2D eigenvalue weighted by atomic mass is 9.76. The van der Waals surface area contributed by atoms with Crippen LogP contribution < -0.4 is 5.32 Å². The Bertz CT molecular complexity index is 1000. The molecule has 2 atom stereocenters. The highest BCUT2D eigenvalue weighted by atomic mass is 19.1. The highest BCUT2D eigenvalue weighted by Gasteiger charge is 2.50. The topological polar surface area (TPSA) is 49.4 Å². The van der Waals surface area contributed by atoms with E-state index in [4.69, 9.17) is 0 Å². The van der Waals surface area contributed by atoms with Gasteiger partial charge in [-0.3, -0.25) is 9.59 Å². The van der Waals surface area contributed by atoms with Gasteiger partial charge in [0, 0.05) is 18.5 Å². The molecule has 3 aliphatic rings. The zero-order valence-corrected chi connectivity index (χ0v) is 17.1. The number of rotatable bonds is 2. The molecule has 5 heteroatoms. The summed E-state index contributed by atoms with van der Waals surface area (Å²) in [6.07, 6.45) is 7.20. The first-order valence-corrected chi connectivity index (χ1v) is 11.0. The Kier molecular flexibility index (Phi) is 4.84. The number of aryl methyl sites for hydroxylation is 2. The lowest BCUT2D eigenvalue weighted by molar-refractivity contribution is -0.120. The molecule has 2 heterocycles. The van der Waals surface area contributed by atoms with E-state index in [1.807, 2.05) is 23.1 Å². The Balaban J connectivity index is 1.55. The Labute approximate surface area is 176 Å². The quantitative estimate of drug-likeness (QED) is 0.807. The Morgan fingerprint density at radius 3 is 2.60 bits per heavy atom. The summed E-state index contributed by atoms with van der Waals surface area (Å²) < 4.78 is 14.1. The molecule has 5 rings (SSSR count). The Morgan fingerprint density at radius 1 is 1.00 bits per heavy atom. The molecule has 1 spiro atoms. The summed E-state index contributed by atoms with van der Waals surface area (Å²) in [5.74, 6) is -0.337. The van der Waals surface area contributed by atoms with E-state index in [0.29, 0.717) is 24.9 Å². The molecule has 0 unspecified atom stereocenters. The van der Waals surface area contributed by atoms with Gasteiger partial charge in [-0.15, -0.1) is 0 Å². The van der Waals surface area contributed by atoms with Gasteiger partial charge >= 0.3 is 0 Å². The van der Waals surface area contributed by atoms with E-state index in [2.05, 4.69) is 11.4 Å². The van der Waals surface area contributed by atoms with Crippen LogP contribution in [-0.4, -0.2) is 28.8 Å². The van der Waals surface area contributed by atoms with Crippen LogP contribution in [0, 0.1) is 5.82 Å². The number of hydrogen-bond acceptors (Lipinski definition) is 2. The zero-order chi connectivity index (χ0) is 20.7. The van der Waals surface area contributed by atoms with E-state index in [-0.39, 0.29) is 23.7 Å². The number of carbonyl (C=O) groups is 2. The third kappa shape index (κ3) is 3.30. The summed E-state index contributed by atoms with van der Waals surface area (Å²) in [5, 5.41) is 3.17. The van der Waals surface area contributed by atoms with Crippen LogP contribution in [0.15, 0.2) is 42.5 Å². The van der Waals surface area contributed by atoms with Crippen LogP contribution in [0.1, 0.15) is 71.6 Å². The largest absolute Gasteiger partial charge is 0.348 e. The number of likely N-dealkylation sites (tertiary alicyclic amines) is 1. The zero-order valence-electron chi connectivity index (χ0n) is 17.1. The number of carbonyl (C=O) groups excluding carboxylic acids is 2. The lowest BCUT2D eigenvalue weighted by Gasteiger charge is -2.48. The predicted molar refractivity (Wildman–Crippen MR) is 113 cm³/mol. The number of halogens is 1. The van der Waals surface area contributed by atoms with Gasteiger partial charge < -0.3 is 10.2 Å². The van der Waals surface area contributed by atoms with Gasteiger partial charge in [-0.05, 0) is 85.9 Å². The van der Waals surface area contributed by atoms with Crippen molar-refractivity contribution >= 4 is 11.8 Å². The van der Waals surface area contributed by atoms with Crippen molar-refractivity contribution in [2.45, 2.75) is 62.9 Å². The second-order valence-electron chi connectivity index (χ2n) is 8.95. The van der Waals surface area contributed by atoms with Gasteiger partial charge in [0.1, 0.15) is 5.82 Å². The fraction of sp³-hybridized carbons (Fsp3) is 0.440. The number of nitrogens with one attached hydrogen (secondary N) is 1. The van der Waals surface area contributed by atoms with Crippen molar-refractivity contribution in [3.8, 4) is 0 Å².